The summed E-state index contributed by atoms with van der Waals surface area (Å²) in [6.45, 7) is 5.44. The van der Waals surface area contributed by atoms with E-state index in [1.165, 1.54) is 0 Å². The van der Waals surface area contributed by atoms with Crippen molar-refractivity contribution in [3.05, 3.63) is 44.1 Å². The van der Waals surface area contributed by atoms with Gasteiger partial charge >= 0.3 is 5.69 Å². The van der Waals surface area contributed by atoms with E-state index in [4.69, 9.17) is 4.74 Å². The number of aromatic amines is 1. The van der Waals surface area contributed by atoms with Gasteiger partial charge in [0.2, 0.25) is 0 Å². The molecule has 2 aliphatic heterocycles. The molecule has 1 aromatic carbocycles. The number of rotatable bonds is 6. The molecule has 0 fully saturated rings. The summed E-state index contributed by atoms with van der Waals surface area (Å²) in [4.78, 5) is 34.6. The number of aromatic nitrogens is 4. The van der Waals surface area contributed by atoms with Crippen LogP contribution in [0.15, 0.2) is 21.7 Å². The van der Waals surface area contributed by atoms with Crippen molar-refractivity contribution in [2.45, 2.75) is 39.7 Å². The first-order valence-electron chi connectivity index (χ1n) is 8.42. The molecule has 0 amide bonds. The molecule has 0 radical (unpaired) electrons. The van der Waals surface area contributed by atoms with Crippen LogP contribution in [0.25, 0.3) is 22.6 Å². The maximum Gasteiger partial charge on any atom is 0.349 e. The van der Waals surface area contributed by atoms with Gasteiger partial charge in [0.05, 0.1) is 11.0 Å². The van der Waals surface area contributed by atoms with Crippen molar-refractivity contribution in [1.82, 2.24) is 19.5 Å². The normalized spacial score (nSPS) is 11.5. The summed E-state index contributed by atoms with van der Waals surface area (Å²) in [7, 11) is 1.69. The number of fused-ring (bicyclic) bond motifs is 2. The Kier molecular flexibility index (Phi) is 4.94. The lowest BCUT2D eigenvalue weighted by Gasteiger charge is -2.17. The SMILES string of the molecule is COCCCCCn1c2nc(=O)[nH]c(=O)c-2nc2cc(C)c(C)cc21. The van der Waals surface area contributed by atoms with Gasteiger partial charge in [-0.2, -0.15) is 4.98 Å². The quantitative estimate of drug-likeness (QED) is 0.547. The zero-order chi connectivity index (χ0) is 18.0. The van der Waals surface area contributed by atoms with Gasteiger partial charge in [0, 0.05) is 20.3 Å². The average Bonchev–Trinajstić information content (AvgIpc) is 2.56. The number of aryl methyl sites for hydroxylation is 3. The van der Waals surface area contributed by atoms with Crippen LogP contribution in [0.4, 0.5) is 0 Å². The van der Waals surface area contributed by atoms with Gasteiger partial charge in [0.15, 0.2) is 11.5 Å². The minimum absolute atomic E-state index is 0.201. The highest BCUT2D eigenvalue weighted by Gasteiger charge is 2.18. The maximum atomic E-state index is 12.2. The van der Waals surface area contributed by atoms with Crippen LogP contribution in [0, 0.1) is 13.8 Å². The highest BCUT2D eigenvalue weighted by atomic mass is 16.5. The minimum Gasteiger partial charge on any atom is -0.385 e. The Bertz CT molecular complexity index is 990. The number of benzene rings is 1. The minimum atomic E-state index is -0.643. The van der Waals surface area contributed by atoms with E-state index in [2.05, 4.69) is 15.0 Å². The van der Waals surface area contributed by atoms with Gasteiger partial charge in [-0.05, 0) is 56.4 Å². The Balaban J connectivity index is 2.16. The first kappa shape index (κ1) is 17.3. The lowest BCUT2D eigenvalue weighted by Crippen LogP contribution is -2.29. The Morgan fingerprint density at radius 1 is 1.08 bits per heavy atom. The summed E-state index contributed by atoms with van der Waals surface area (Å²) in [5, 5.41) is 0. The zero-order valence-electron chi connectivity index (χ0n) is 14.8. The molecule has 0 saturated carbocycles. The van der Waals surface area contributed by atoms with E-state index in [-0.39, 0.29) is 5.69 Å². The fraction of sp³-hybridized carbons (Fsp3) is 0.444. The van der Waals surface area contributed by atoms with Crippen molar-refractivity contribution in [1.29, 1.82) is 0 Å². The molecule has 132 valence electrons. The Hall–Kier alpha value is -2.54. The predicted octanol–water partition coefficient (Wildman–Crippen LogP) is 2.02. The summed E-state index contributed by atoms with van der Waals surface area (Å²) in [6, 6.07) is 4.01. The molecule has 7 nitrogen and oxygen atoms in total. The van der Waals surface area contributed by atoms with Crippen LogP contribution in [0.3, 0.4) is 0 Å². The number of hydrogen-bond donors (Lipinski definition) is 1. The van der Waals surface area contributed by atoms with E-state index in [1.54, 1.807) is 7.11 Å². The molecule has 25 heavy (non-hydrogen) atoms. The molecule has 0 bridgehead atoms. The van der Waals surface area contributed by atoms with Crippen LogP contribution in [0.2, 0.25) is 0 Å². The number of methoxy groups -OCH3 is 1. The smallest absolute Gasteiger partial charge is 0.349 e. The lowest BCUT2D eigenvalue weighted by molar-refractivity contribution is 0.191. The third-order valence-corrected chi connectivity index (χ3v) is 4.45. The molecule has 1 aromatic rings. The van der Waals surface area contributed by atoms with Gasteiger partial charge in [-0.1, -0.05) is 0 Å². The molecule has 2 heterocycles. The standard InChI is InChI=1S/C18H22N4O3/c1-11-9-13-14(10-12(11)2)22(7-5-4-6-8-25-3)16-15(19-13)17(23)21-18(24)20-16/h9-10H,4-8H2,1-3H3,(H,21,23,24). The Morgan fingerprint density at radius 3 is 2.60 bits per heavy atom. The van der Waals surface area contributed by atoms with Crippen LogP contribution in [0.5, 0.6) is 0 Å². The van der Waals surface area contributed by atoms with Crippen molar-refractivity contribution in [3.8, 4) is 11.5 Å². The molecule has 0 aromatic heterocycles. The van der Waals surface area contributed by atoms with Crippen LogP contribution in [-0.4, -0.2) is 33.2 Å². The Labute approximate surface area is 145 Å². The summed E-state index contributed by atoms with van der Waals surface area (Å²) >= 11 is 0. The van der Waals surface area contributed by atoms with Crippen LogP contribution in [-0.2, 0) is 11.3 Å². The van der Waals surface area contributed by atoms with Crippen molar-refractivity contribution in [2.24, 2.45) is 0 Å². The van der Waals surface area contributed by atoms with E-state index < -0.39 is 11.2 Å². The van der Waals surface area contributed by atoms with Gasteiger partial charge in [-0.15, -0.1) is 0 Å². The fourth-order valence-corrected chi connectivity index (χ4v) is 2.97. The van der Waals surface area contributed by atoms with Crippen molar-refractivity contribution in [2.75, 3.05) is 13.7 Å². The average molecular weight is 342 g/mol. The van der Waals surface area contributed by atoms with E-state index in [0.29, 0.717) is 12.4 Å². The molecular weight excluding hydrogens is 320 g/mol. The van der Waals surface area contributed by atoms with E-state index in [0.717, 1.165) is 48.0 Å². The molecule has 2 aliphatic rings. The molecule has 0 spiro atoms. The Morgan fingerprint density at radius 2 is 1.84 bits per heavy atom. The fourth-order valence-electron chi connectivity index (χ4n) is 2.97. The van der Waals surface area contributed by atoms with Gasteiger partial charge in [-0.25, -0.2) is 9.78 Å². The highest BCUT2D eigenvalue weighted by Crippen LogP contribution is 2.24. The third kappa shape index (κ3) is 3.46. The van der Waals surface area contributed by atoms with Crippen LogP contribution < -0.4 is 11.2 Å². The molecule has 0 aliphatic carbocycles. The number of ether oxygens (including phenoxy) is 1. The topological polar surface area (TPSA) is 89.9 Å². The van der Waals surface area contributed by atoms with Gasteiger partial charge in [-0.3, -0.25) is 9.78 Å². The van der Waals surface area contributed by atoms with Crippen LogP contribution in [0.1, 0.15) is 30.4 Å². The lowest BCUT2D eigenvalue weighted by atomic mass is 10.1. The maximum absolute atomic E-state index is 12.2. The summed E-state index contributed by atoms with van der Waals surface area (Å²) in [6.07, 6.45) is 2.86. The van der Waals surface area contributed by atoms with Crippen molar-refractivity contribution in [3.63, 3.8) is 0 Å². The molecule has 0 atom stereocenters. The third-order valence-electron chi connectivity index (χ3n) is 4.45. The number of unbranched alkanes of at least 4 members (excludes halogenated alkanes) is 2. The van der Waals surface area contributed by atoms with E-state index in [9.17, 15) is 9.59 Å². The molecule has 7 heteroatoms. The van der Waals surface area contributed by atoms with Crippen molar-refractivity contribution >= 4 is 11.0 Å². The molecule has 0 unspecified atom stereocenters. The first-order valence-corrected chi connectivity index (χ1v) is 8.42. The highest BCUT2D eigenvalue weighted by molar-refractivity contribution is 5.81. The second-order valence-corrected chi connectivity index (χ2v) is 6.29. The number of hydrogen-bond acceptors (Lipinski definition) is 5. The summed E-state index contributed by atoms with van der Waals surface area (Å²) < 4.78 is 7.02. The number of nitrogens with zero attached hydrogens (tertiary/aromatic N) is 3. The molecule has 1 N–H and O–H groups in total. The zero-order valence-corrected chi connectivity index (χ0v) is 14.8. The van der Waals surface area contributed by atoms with Crippen LogP contribution >= 0.6 is 0 Å². The number of H-pyrrole nitrogens is 1. The monoisotopic (exact) mass is 342 g/mol. The first-order chi connectivity index (χ1) is 12.0. The van der Waals surface area contributed by atoms with Crippen molar-refractivity contribution < 1.29 is 4.74 Å². The van der Waals surface area contributed by atoms with Gasteiger partial charge < -0.3 is 9.30 Å². The molecule has 3 rings (SSSR count). The molecular formula is C18H22N4O3. The van der Waals surface area contributed by atoms with E-state index >= 15 is 0 Å². The predicted molar refractivity (Wildman–Crippen MR) is 96.2 cm³/mol. The largest absolute Gasteiger partial charge is 0.385 e. The second-order valence-electron chi connectivity index (χ2n) is 6.29. The summed E-state index contributed by atoms with van der Waals surface area (Å²) in [5.41, 5.74) is 2.93. The number of nitrogens with one attached hydrogen (secondary N) is 1. The van der Waals surface area contributed by atoms with E-state index in [1.807, 2.05) is 30.5 Å². The summed E-state index contributed by atoms with van der Waals surface area (Å²) in [5.74, 6) is 0.344. The van der Waals surface area contributed by atoms with Gasteiger partial charge in [0.1, 0.15) is 0 Å². The van der Waals surface area contributed by atoms with Gasteiger partial charge in [0.25, 0.3) is 5.56 Å². The molecule has 0 saturated heterocycles. The second kappa shape index (κ2) is 7.14.